The molecule has 1 aliphatic rings. The Balaban J connectivity index is 0.00000220. The number of rotatable bonds is 7. The fourth-order valence-corrected chi connectivity index (χ4v) is 4.17. The maximum Gasteiger partial charge on any atom is 0.123 e. The normalized spacial score (nSPS) is 17.2. The van der Waals surface area contributed by atoms with Crippen LogP contribution in [-0.4, -0.2) is 36.4 Å². The molecule has 0 aromatic heterocycles. The molecule has 2 rings (SSSR count). The molecule has 4 heteroatoms. The highest BCUT2D eigenvalue weighted by Gasteiger charge is 2.26. The van der Waals surface area contributed by atoms with Gasteiger partial charge in [-0.2, -0.15) is 0 Å². The molecule has 1 aliphatic heterocycles. The van der Waals surface area contributed by atoms with Gasteiger partial charge in [-0.25, -0.2) is 0 Å². The maximum absolute atomic E-state index is 5.82. The Labute approximate surface area is 140 Å². The van der Waals surface area contributed by atoms with Crippen LogP contribution in [0.4, 0.5) is 0 Å². The molecule has 0 amide bonds. The van der Waals surface area contributed by atoms with Crippen molar-refractivity contribution in [2.45, 2.75) is 51.0 Å². The molecule has 1 atom stereocenters. The van der Waals surface area contributed by atoms with E-state index in [4.69, 9.17) is 4.74 Å². The van der Waals surface area contributed by atoms with Crippen LogP contribution in [0, 0.1) is 0 Å². The van der Waals surface area contributed by atoms with Crippen molar-refractivity contribution in [2.24, 2.45) is 0 Å². The van der Waals surface area contributed by atoms with Crippen molar-refractivity contribution >= 4 is 24.2 Å². The highest BCUT2D eigenvalue weighted by Crippen LogP contribution is 2.37. The third kappa shape index (κ3) is 4.80. The summed E-state index contributed by atoms with van der Waals surface area (Å²) in [4.78, 5) is 4.08. The van der Waals surface area contributed by atoms with Crippen LogP contribution >= 0.6 is 24.2 Å². The van der Waals surface area contributed by atoms with Gasteiger partial charge in [-0.15, -0.1) is 24.2 Å². The minimum absolute atomic E-state index is 0. The average Bonchev–Trinajstić information content (AvgIpc) is 2.47. The van der Waals surface area contributed by atoms with E-state index in [2.05, 4.69) is 43.9 Å². The number of hydrogen-bond donors (Lipinski definition) is 0. The number of ether oxygens (including phenoxy) is 1. The van der Waals surface area contributed by atoms with Gasteiger partial charge in [0.15, 0.2) is 0 Å². The lowest BCUT2D eigenvalue weighted by molar-refractivity contribution is 0.207. The zero-order valence-electron chi connectivity index (χ0n) is 13.4. The Bertz CT molecular complexity index is 421. The van der Waals surface area contributed by atoms with Crippen LogP contribution in [0.2, 0.25) is 0 Å². The second-order valence-corrected chi connectivity index (χ2v) is 6.43. The van der Waals surface area contributed by atoms with Gasteiger partial charge in [0, 0.05) is 22.3 Å². The monoisotopic (exact) mass is 329 g/mol. The summed E-state index contributed by atoms with van der Waals surface area (Å²) in [5, 5.41) is 0. The SMILES string of the molecule is CCCN(CCC)C1CSc2cccc(OCC)c2C1.Cl. The first-order valence-corrected chi connectivity index (χ1v) is 8.90. The summed E-state index contributed by atoms with van der Waals surface area (Å²) >= 11 is 2.00. The van der Waals surface area contributed by atoms with Crippen molar-refractivity contribution in [2.75, 3.05) is 25.4 Å². The molecular formula is C17H28ClNOS. The van der Waals surface area contributed by atoms with E-state index in [0.717, 1.165) is 18.8 Å². The molecule has 0 bridgehead atoms. The number of hydrogen-bond acceptors (Lipinski definition) is 3. The minimum atomic E-state index is 0. The van der Waals surface area contributed by atoms with Gasteiger partial charge in [-0.1, -0.05) is 19.9 Å². The van der Waals surface area contributed by atoms with E-state index < -0.39 is 0 Å². The Hall–Kier alpha value is -0.380. The van der Waals surface area contributed by atoms with E-state index in [0.29, 0.717) is 6.04 Å². The Morgan fingerprint density at radius 1 is 1.19 bits per heavy atom. The van der Waals surface area contributed by atoms with Crippen molar-refractivity contribution in [3.05, 3.63) is 23.8 Å². The first kappa shape index (κ1) is 18.7. The zero-order chi connectivity index (χ0) is 14.4. The average molecular weight is 330 g/mol. The largest absolute Gasteiger partial charge is 0.494 e. The smallest absolute Gasteiger partial charge is 0.123 e. The molecule has 1 unspecified atom stereocenters. The van der Waals surface area contributed by atoms with Crippen LogP contribution in [0.5, 0.6) is 5.75 Å². The van der Waals surface area contributed by atoms with Crippen LogP contribution in [0.1, 0.15) is 39.2 Å². The standard InChI is InChI=1S/C17H27NOS.ClH/c1-4-10-18(11-5-2)14-12-15-16(19-6-3)8-7-9-17(15)20-13-14;/h7-9,14H,4-6,10-13H2,1-3H3;1H. The molecule has 0 saturated carbocycles. The molecule has 120 valence electrons. The summed E-state index contributed by atoms with van der Waals surface area (Å²) in [7, 11) is 0. The number of nitrogens with zero attached hydrogens (tertiary/aromatic N) is 1. The predicted octanol–water partition coefficient (Wildman–Crippen LogP) is 4.65. The third-order valence-corrected chi connectivity index (χ3v) is 5.04. The summed E-state index contributed by atoms with van der Waals surface area (Å²) in [6.45, 7) is 9.79. The molecule has 0 radical (unpaired) electrons. The molecule has 2 nitrogen and oxygen atoms in total. The van der Waals surface area contributed by atoms with Gasteiger partial charge in [0.05, 0.1) is 6.61 Å². The first-order valence-electron chi connectivity index (χ1n) is 7.91. The summed E-state index contributed by atoms with van der Waals surface area (Å²) < 4.78 is 5.82. The van der Waals surface area contributed by atoms with E-state index in [1.54, 1.807) is 0 Å². The quantitative estimate of drug-likeness (QED) is 0.722. The molecular weight excluding hydrogens is 302 g/mol. The van der Waals surface area contributed by atoms with Gasteiger partial charge < -0.3 is 4.74 Å². The number of thioether (sulfide) groups is 1. The number of halogens is 1. The van der Waals surface area contributed by atoms with E-state index in [-0.39, 0.29) is 12.4 Å². The van der Waals surface area contributed by atoms with E-state index in [1.165, 1.54) is 42.1 Å². The van der Waals surface area contributed by atoms with Gasteiger partial charge in [0.1, 0.15) is 5.75 Å². The highest BCUT2D eigenvalue weighted by molar-refractivity contribution is 7.99. The summed E-state index contributed by atoms with van der Waals surface area (Å²) in [5.74, 6) is 2.30. The van der Waals surface area contributed by atoms with Crippen molar-refractivity contribution in [1.29, 1.82) is 0 Å². The summed E-state index contributed by atoms with van der Waals surface area (Å²) in [6.07, 6.45) is 3.61. The molecule has 1 aromatic carbocycles. The topological polar surface area (TPSA) is 12.5 Å². The first-order chi connectivity index (χ1) is 9.80. The van der Waals surface area contributed by atoms with Crippen LogP contribution in [-0.2, 0) is 6.42 Å². The molecule has 0 N–H and O–H groups in total. The zero-order valence-corrected chi connectivity index (χ0v) is 15.1. The van der Waals surface area contributed by atoms with Gasteiger partial charge in [-0.05, 0) is 51.4 Å². The second kappa shape index (κ2) is 9.60. The molecule has 0 saturated heterocycles. The molecule has 0 spiro atoms. The number of fused-ring (bicyclic) bond motifs is 1. The Morgan fingerprint density at radius 3 is 2.52 bits per heavy atom. The number of benzene rings is 1. The fourth-order valence-electron chi connectivity index (χ4n) is 2.94. The van der Waals surface area contributed by atoms with Gasteiger partial charge >= 0.3 is 0 Å². The highest BCUT2D eigenvalue weighted by atomic mass is 35.5. The van der Waals surface area contributed by atoms with Crippen LogP contribution < -0.4 is 4.74 Å². The molecule has 1 heterocycles. The Kier molecular flexibility index (Phi) is 8.53. The molecule has 1 aromatic rings. The minimum Gasteiger partial charge on any atom is -0.494 e. The fraction of sp³-hybridized carbons (Fsp3) is 0.647. The summed E-state index contributed by atoms with van der Waals surface area (Å²) in [6, 6.07) is 7.14. The van der Waals surface area contributed by atoms with E-state index in [9.17, 15) is 0 Å². The van der Waals surface area contributed by atoms with Gasteiger partial charge in [-0.3, -0.25) is 4.90 Å². The third-order valence-electron chi connectivity index (χ3n) is 3.80. The van der Waals surface area contributed by atoms with E-state index >= 15 is 0 Å². The molecule has 21 heavy (non-hydrogen) atoms. The van der Waals surface area contributed by atoms with Crippen molar-refractivity contribution < 1.29 is 4.74 Å². The Morgan fingerprint density at radius 2 is 1.90 bits per heavy atom. The van der Waals surface area contributed by atoms with Crippen molar-refractivity contribution in [3.63, 3.8) is 0 Å². The van der Waals surface area contributed by atoms with Gasteiger partial charge in [0.25, 0.3) is 0 Å². The van der Waals surface area contributed by atoms with Crippen LogP contribution in [0.25, 0.3) is 0 Å². The lowest BCUT2D eigenvalue weighted by Crippen LogP contribution is -2.41. The van der Waals surface area contributed by atoms with Crippen molar-refractivity contribution in [3.8, 4) is 5.75 Å². The second-order valence-electron chi connectivity index (χ2n) is 5.37. The molecule has 0 aliphatic carbocycles. The summed E-state index contributed by atoms with van der Waals surface area (Å²) in [5.41, 5.74) is 1.42. The van der Waals surface area contributed by atoms with Crippen LogP contribution in [0.15, 0.2) is 23.1 Å². The van der Waals surface area contributed by atoms with Gasteiger partial charge in [0.2, 0.25) is 0 Å². The molecule has 0 fully saturated rings. The van der Waals surface area contributed by atoms with Crippen LogP contribution in [0.3, 0.4) is 0 Å². The maximum atomic E-state index is 5.82. The predicted molar refractivity (Wildman–Crippen MR) is 95.2 cm³/mol. The van der Waals surface area contributed by atoms with Crippen molar-refractivity contribution in [1.82, 2.24) is 4.90 Å². The lowest BCUT2D eigenvalue weighted by atomic mass is 10.0. The van der Waals surface area contributed by atoms with E-state index in [1.807, 2.05) is 11.8 Å². The lowest BCUT2D eigenvalue weighted by Gasteiger charge is -2.35.